The first kappa shape index (κ1) is 12.8. The first-order valence-electron chi connectivity index (χ1n) is 5.74. The van der Waals surface area contributed by atoms with Crippen molar-refractivity contribution in [3.8, 4) is 0 Å². The molecule has 0 saturated heterocycles. The third kappa shape index (κ3) is 2.76. The maximum Gasteiger partial charge on any atom is 0.340 e. The Morgan fingerprint density at radius 3 is 3.00 bits per heavy atom. The standard InChI is InChI=1S/C12H14N2O3S/c1-7-10(12(16)17)11(18-14-7)13-9(15)6-8-4-2-3-5-8/h2,4,8H,3,5-6H2,1H3,(H,13,15)(H,16,17). The van der Waals surface area contributed by atoms with E-state index in [-0.39, 0.29) is 17.4 Å². The van der Waals surface area contributed by atoms with Crippen LogP contribution < -0.4 is 5.32 Å². The molecule has 1 aliphatic rings. The normalized spacial score (nSPS) is 17.9. The maximum atomic E-state index is 11.8. The van der Waals surface area contributed by atoms with E-state index in [2.05, 4.69) is 15.8 Å². The van der Waals surface area contributed by atoms with Crippen molar-refractivity contribution in [1.82, 2.24) is 4.37 Å². The number of rotatable bonds is 4. The number of nitrogens with zero attached hydrogens (tertiary/aromatic N) is 1. The van der Waals surface area contributed by atoms with Gasteiger partial charge in [-0.25, -0.2) is 4.79 Å². The number of nitrogens with one attached hydrogen (secondary N) is 1. The fraction of sp³-hybridized carbons (Fsp3) is 0.417. The smallest absolute Gasteiger partial charge is 0.340 e. The van der Waals surface area contributed by atoms with Gasteiger partial charge in [0.25, 0.3) is 0 Å². The van der Waals surface area contributed by atoms with E-state index >= 15 is 0 Å². The lowest BCUT2D eigenvalue weighted by atomic mass is 10.1. The molecule has 0 spiro atoms. The van der Waals surface area contributed by atoms with Gasteiger partial charge >= 0.3 is 5.97 Å². The number of anilines is 1. The SMILES string of the molecule is Cc1nsc(NC(=O)CC2C=CCC2)c1C(=O)O. The van der Waals surface area contributed by atoms with Gasteiger partial charge in [0, 0.05) is 6.42 Å². The summed E-state index contributed by atoms with van der Waals surface area (Å²) in [4.78, 5) is 22.8. The molecule has 1 heterocycles. The lowest BCUT2D eigenvalue weighted by Crippen LogP contribution is -2.16. The molecule has 0 aromatic carbocycles. The van der Waals surface area contributed by atoms with Gasteiger partial charge in [-0.05, 0) is 37.2 Å². The molecule has 1 aliphatic carbocycles. The van der Waals surface area contributed by atoms with Gasteiger partial charge < -0.3 is 10.4 Å². The molecule has 1 aromatic rings. The lowest BCUT2D eigenvalue weighted by molar-refractivity contribution is -0.116. The molecule has 1 atom stereocenters. The highest BCUT2D eigenvalue weighted by atomic mass is 32.1. The van der Waals surface area contributed by atoms with Gasteiger partial charge in [0.2, 0.25) is 5.91 Å². The Balaban J connectivity index is 2.02. The fourth-order valence-electron chi connectivity index (χ4n) is 1.99. The second-order valence-corrected chi connectivity index (χ2v) is 5.07. The van der Waals surface area contributed by atoms with Crippen LogP contribution in [0.5, 0.6) is 0 Å². The second-order valence-electron chi connectivity index (χ2n) is 4.30. The van der Waals surface area contributed by atoms with Crippen molar-refractivity contribution < 1.29 is 14.7 Å². The van der Waals surface area contributed by atoms with Crippen LogP contribution in [-0.4, -0.2) is 21.4 Å². The second kappa shape index (κ2) is 5.30. The Kier molecular flexibility index (Phi) is 3.76. The number of carbonyl (C=O) groups excluding carboxylic acids is 1. The van der Waals surface area contributed by atoms with Crippen LogP contribution in [0.2, 0.25) is 0 Å². The van der Waals surface area contributed by atoms with E-state index in [1.807, 2.05) is 6.08 Å². The van der Waals surface area contributed by atoms with Crippen LogP contribution in [0.25, 0.3) is 0 Å². The number of aromatic nitrogens is 1. The van der Waals surface area contributed by atoms with Crippen molar-refractivity contribution in [2.24, 2.45) is 5.92 Å². The average Bonchev–Trinajstić information content (AvgIpc) is 2.88. The first-order valence-corrected chi connectivity index (χ1v) is 6.51. The van der Waals surface area contributed by atoms with E-state index in [1.165, 1.54) is 0 Å². The van der Waals surface area contributed by atoms with E-state index in [0.717, 1.165) is 24.4 Å². The van der Waals surface area contributed by atoms with Gasteiger partial charge in [0.15, 0.2) is 0 Å². The van der Waals surface area contributed by atoms with Crippen LogP contribution in [0.1, 0.15) is 35.3 Å². The molecular formula is C12H14N2O3S. The monoisotopic (exact) mass is 266 g/mol. The summed E-state index contributed by atoms with van der Waals surface area (Å²) in [5, 5.41) is 12.0. The molecule has 96 valence electrons. The third-order valence-electron chi connectivity index (χ3n) is 2.89. The van der Waals surface area contributed by atoms with Crippen molar-refractivity contribution in [2.45, 2.75) is 26.2 Å². The van der Waals surface area contributed by atoms with Crippen LogP contribution in [0.15, 0.2) is 12.2 Å². The third-order valence-corrected chi connectivity index (χ3v) is 3.74. The fourth-order valence-corrected chi connectivity index (χ4v) is 2.79. The topological polar surface area (TPSA) is 79.3 Å². The van der Waals surface area contributed by atoms with E-state index in [0.29, 0.717) is 17.1 Å². The largest absolute Gasteiger partial charge is 0.478 e. The molecule has 0 radical (unpaired) electrons. The molecular weight excluding hydrogens is 252 g/mol. The van der Waals surface area contributed by atoms with E-state index in [1.54, 1.807) is 6.92 Å². The number of hydrogen-bond acceptors (Lipinski definition) is 4. The molecule has 0 aliphatic heterocycles. The van der Waals surface area contributed by atoms with Crippen LogP contribution in [0, 0.1) is 12.8 Å². The highest BCUT2D eigenvalue weighted by molar-refractivity contribution is 7.11. The van der Waals surface area contributed by atoms with Gasteiger partial charge in [-0.15, -0.1) is 0 Å². The summed E-state index contributed by atoms with van der Waals surface area (Å²) < 4.78 is 3.95. The van der Waals surface area contributed by atoms with Crippen LogP contribution >= 0.6 is 11.5 Å². The number of aromatic carboxylic acids is 1. The van der Waals surface area contributed by atoms with Gasteiger partial charge in [0.05, 0.1) is 5.69 Å². The summed E-state index contributed by atoms with van der Waals surface area (Å²) in [5.74, 6) is -0.942. The zero-order chi connectivity index (χ0) is 13.1. The molecule has 2 rings (SSSR count). The summed E-state index contributed by atoms with van der Waals surface area (Å²) in [6.07, 6.45) is 6.50. The molecule has 5 nitrogen and oxygen atoms in total. The van der Waals surface area contributed by atoms with E-state index < -0.39 is 5.97 Å². The Morgan fingerprint density at radius 1 is 1.61 bits per heavy atom. The quantitative estimate of drug-likeness (QED) is 0.820. The molecule has 1 unspecified atom stereocenters. The minimum absolute atomic E-state index is 0.0929. The van der Waals surface area contributed by atoms with Gasteiger partial charge in [-0.3, -0.25) is 4.79 Å². The van der Waals surface area contributed by atoms with Crippen molar-refractivity contribution in [3.05, 3.63) is 23.4 Å². The number of allylic oxidation sites excluding steroid dienone is 2. The Labute approximate surface area is 109 Å². The van der Waals surface area contributed by atoms with Crippen LogP contribution in [0.3, 0.4) is 0 Å². The molecule has 1 amide bonds. The summed E-state index contributed by atoms with van der Waals surface area (Å²) in [6, 6.07) is 0. The van der Waals surface area contributed by atoms with Crippen molar-refractivity contribution >= 4 is 28.4 Å². The van der Waals surface area contributed by atoms with Gasteiger partial charge in [0.1, 0.15) is 10.6 Å². The van der Waals surface area contributed by atoms with Crippen molar-refractivity contribution in [3.63, 3.8) is 0 Å². The van der Waals surface area contributed by atoms with Crippen LogP contribution in [-0.2, 0) is 4.79 Å². The van der Waals surface area contributed by atoms with Crippen molar-refractivity contribution in [1.29, 1.82) is 0 Å². The minimum Gasteiger partial charge on any atom is -0.478 e. The zero-order valence-corrected chi connectivity index (χ0v) is 10.8. The predicted molar refractivity (Wildman–Crippen MR) is 68.9 cm³/mol. The molecule has 0 bridgehead atoms. The Bertz CT molecular complexity index is 507. The van der Waals surface area contributed by atoms with E-state index in [9.17, 15) is 9.59 Å². The molecule has 1 aromatic heterocycles. The van der Waals surface area contributed by atoms with E-state index in [4.69, 9.17) is 5.11 Å². The summed E-state index contributed by atoms with van der Waals surface area (Å²) in [5.41, 5.74) is 0.527. The number of amides is 1. The predicted octanol–water partition coefficient (Wildman–Crippen LogP) is 2.44. The highest BCUT2D eigenvalue weighted by Crippen LogP contribution is 2.26. The number of hydrogen-bond donors (Lipinski definition) is 2. The molecule has 2 N–H and O–H groups in total. The summed E-state index contributed by atoms with van der Waals surface area (Å²) in [7, 11) is 0. The first-order chi connectivity index (χ1) is 8.58. The Morgan fingerprint density at radius 2 is 2.39 bits per heavy atom. The summed E-state index contributed by atoms with van der Waals surface area (Å²) >= 11 is 1.01. The number of aryl methyl sites for hydroxylation is 1. The molecule has 0 saturated carbocycles. The van der Waals surface area contributed by atoms with Crippen LogP contribution in [0.4, 0.5) is 5.00 Å². The lowest BCUT2D eigenvalue weighted by Gasteiger charge is -2.07. The zero-order valence-electron chi connectivity index (χ0n) is 9.97. The summed E-state index contributed by atoms with van der Waals surface area (Å²) in [6.45, 7) is 1.62. The van der Waals surface area contributed by atoms with Crippen molar-refractivity contribution in [2.75, 3.05) is 5.32 Å². The minimum atomic E-state index is -1.06. The number of carboxylic acid groups (broad SMARTS) is 1. The highest BCUT2D eigenvalue weighted by Gasteiger charge is 2.20. The van der Waals surface area contributed by atoms with Gasteiger partial charge in [-0.2, -0.15) is 4.37 Å². The number of carbonyl (C=O) groups is 2. The average molecular weight is 266 g/mol. The maximum absolute atomic E-state index is 11.8. The Hall–Kier alpha value is -1.69. The number of carboxylic acids is 1. The molecule has 6 heteroatoms. The van der Waals surface area contributed by atoms with Gasteiger partial charge in [-0.1, -0.05) is 12.2 Å². The molecule has 18 heavy (non-hydrogen) atoms. The molecule has 0 fully saturated rings.